The normalized spacial score (nSPS) is 10.9. The van der Waals surface area contributed by atoms with E-state index in [-0.39, 0.29) is 18.2 Å². The maximum absolute atomic E-state index is 13.0. The Morgan fingerprint density at radius 2 is 2.14 bits per heavy atom. The molecule has 7 nitrogen and oxygen atoms in total. The molecule has 1 aromatic carbocycles. The van der Waals surface area contributed by atoms with Crippen molar-refractivity contribution < 1.29 is 14.1 Å². The van der Waals surface area contributed by atoms with Crippen LogP contribution in [0, 0.1) is 13.8 Å². The summed E-state index contributed by atoms with van der Waals surface area (Å²) in [5, 5.41) is 8.69. The van der Waals surface area contributed by atoms with Crippen molar-refractivity contribution in [3.63, 3.8) is 0 Å². The van der Waals surface area contributed by atoms with E-state index in [1.807, 2.05) is 38.1 Å². The molecule has 2 heterocycles. The molecule has 0 fully saturated rings. The minimum atomic E-state index is -0.264. The van der Waals surface area contributed by atoms with Crippen LogP contribution in [0.5, 0.6) is 5.75 Å². The van der Waals surface area contributed by atoms with Gasteiger partial charge in [0.2, 0.25) is 0 Å². The van der Waals surface area contributed by atoms with Crippen LogP contribution >= 0.6 is 11.6 Å². The van der Waals surface area contributed by atoms with Crippen molar-refractivity contribution in [2.75, 3.05) is 7.05 Å². The minimum Gasteiger partial charge on any atom is -0.489 e. The molecule has 2 aromatic heterocycles. The second-order valence-corrected chi connectivity index (χ2v) is 6.99. The highest BCUT2D eigenvalue weighted by atomic mass is 35.5. The molecule has 0 aliphatic rings. The molecule has 3 rings (SSSR count). The topological polar surface area (TPSA) is 73.4 Å². The van der Waals surface area contributed by atoms with Gasteiger partial charge in [0.15, 0.2) is 5.69 Å². The maximum Gasteiger partial charge on any atom is 0.276 e. The first-order valence-electron chi connectivity index (χ1n) is 9.01. The van der Waals surface area contributed by atoms with Crippen molar-refractivity contribution in [3.05, 3.63) is 63.8 Å². The zero-order valence-corrected chi connectivity index (χ0v) is 17.2. The molecule has 28 heavy (non-hydrogen) atoms. The first-order valence-corrected chi connectivity index (χ1v) is 9.38. The number of amides is 1. The van der Waals surface area contributed by atoms with Crippen LogP contribution in [0.1, 0.15) is 40.0 Å². The summed E-state index contributed by atoms with van der Waals surface area (Å²) in [5.74, 6) is 1.02. The molecule has 1 amide bonds. The van der Waals surface area contributed by atoms with Crippen molar-refractivity contribution in [2.45, 2.75) is 40.5 Å². The van der Waals surface area contributed by atoms with Crippen molar-refractivity contribution in [1.29, 1.82) is 0 Å². The zero-order chi connectivity index (χ0) is 20.3. The Morgan fingerprint density at radius 1 is 1.36 bits per heavy atom. The van der Waals surface area contributed by atoms with Crippen LogP contribution in [0.3, 0.4) is 0 Å². The summed E-state index contributed by atoms with van der Waals surface area (Å²) in [6.07, 6.45) is 1.58. The highest BCUT2D eigenvalue weighted by Gasteiger charge is 2.24. The fraction of sp³-hybridized carbons (Fsp3) is 0.350. The summed E-state index contributed by atoms with van der Waals surface area (Å²) in [4.78, 5) is 14.5. The lowest BCUT2D eigenvalue weighted by atomic mass is 10.2. The van der Waals surface area contributed by atoms with Gasteiger partial charge in [-0.1, -0.05) is 28.9 Å². The molecule has 0 N–H and O–H groups in total. The lowest BCUT2D eigenvalue weighted by Crippen LogP contribution is -2.29. The Hall–Kier alpha value is -2.80. The van der Waals surface area contributed by atoms with Crippen molar-refractivity contribution in [2.24, 2.45) is 0 Å². The number of carbonyl (C=O) groups excluding carboxylic acids is 1. The molecule has 0 aliphatic carbocycles. The Bertz CT molecular complexity index is 980. The fourth-order valence-corrected chi connectivity index (χ4v) is 3.09. The highest BCUT2D eigenvalue weighted by molar-refractivity contribution is 6.31. The molecule has 0 saturated heterocycles. The minimum absolute atomic E-state index is 0.196. The van der Waals surface area contributed by atoms with E-state index in [0.29, 0.717) is 29.4 Å². The second kappa shape index (κ2) is 8.48. The van der Waals surface area contributed by atoms with Gasteiger partial charge >= 0.3 is 0 Å². The third-order valence-electron chi connectivity index (χ3n) is 4.49. The number of halogens is 1. The van der Waals surface area contributed by atoms with E-state index in [9.17, 15) is 4.79 Å². The largest absolute Gasteiger partial charge is 0.489 e. The standard InChI is InChI=1S/C20H23ClN4O3/c1-5-25-18(17(21)10-22-25)11-24(4)20(26)19-16(14(3)28-23-19)12-27-15-8-6-7-13(2)9-15/h6-10H,5,11-12H2,1-4H3. The highest BCUT2D eigenvalue weighted by Crippen LogP contribution is 2.22. The van der Waals surface area contributed by atoms with Crippen LogP contribution in [0.4, 0.5) is 0 Å². The average molecular weight is 403 g/mol. The molecule has 3 aromatic rings. The fourth-order valence-electron chi connectivity index (χ4n) is 2.88. The SMILES string of the molecule is CCn1ncc(Cl)c1CN(C)C(=O)c1noc(C)c1COc1cccc(C)c1. The molecule has 148 valence electrons. The van der Waals surface area contributed by atoms with E-state index < -0.39 is 0 Å². The van der Waals surface area contributed by atoms with Crippen molar-refractivity contribution >= 4 is 17.5 Å². The van der Waals surface area contributed by atoms with Crippen molar-refractivity contribution in [1.82, 2.24) is 19.8 Å². The Kier molecular flexibility index (Phi) is 6.04. The molecule has 0 spiro atoms. The van der Waals surface area contributed by atoms with E-state index in [2.05, 4.69) is 10.3 Å². The smallest absolute Gasteiger partial charge is 0.276 e. The van der Waals surface area contributed by atoms with Gasteiger partial charge < -0.3 is 14.2 Å². The number of aryl methyl sites for hydroxylation is 3. The summed E-state index contributed by atoms with van der Waals surface area (Å²) in [5.41, 5.74) is 2.75. The predicted octanol–water partition coefficient (Wildman–Crippen LogP) is 4.01. The van der Waals surface area contributed by atoms with Gasteiger partial charge in [-0.25, -0.2) is 0 Å². The molecule has 8 heteroatoms. The number of benzene rings is 1. The van der Waals surface area contributed by atoms with Gasteiger partial charge in [0.25, 0.3) is 5.91 Å². The van der Waals surface area contributed by atoms with E-state index in [0.717, 1.165) is 17.0 Å². The van der Waals surface area contributed by atoms with Crippen LogP contribution in [-0.4, -0.2) is 32.8 Å². The van der Waals surface area contributed by atoms with E-state index in [1.165, 1.54) is 0 Å². The summed E-state index contributed by atoms with van der Waals surface area (Å²) >= 11 is 6.21. The van der Waals surface area contributed by atoms with Crippen LogP contribution in [0.15, 0.2) is 35.0 Å². The van der Waals surface area contributed by atoms with Gasteiger partial charge in [-0.3, -0.25) is 9.48 Å². The summed E-state index contributed by atoms with van der Waals surface area (Å²) in [6.45, 7) is 6.91. The van der Waals surface area contributed by atoms with Gasteiger partial charge in [0, 0.05) is 13.6 Å². The number of aromatic nitrogens is 3. The van der Waals surface area contributed by atoms with Crippen molar-refractivity contribution in [3.8, 4) is 5.75 Å². The van der Waals surface area contributed by atoms with E-state index >= 15 is 0 Å². The zero-order valence-electron chi connectivity index (χ0n) is 16.4. The second-order valence-electron chi connectivity index (χ2n) is 6.59. The monoisotopic (exact) mass is 402 g/mol. The number of nitrogens with zero attached hydrogens (tertiary/aromatic N) is 4. The first-order chi connectivity index (χ1) is 13.4. The average Bonchev–Trinajstić information content (AvgIpc) is 3.22. The first kappa shape index (κ1) is 19.9. The third kappa shape index (κ3) is 4.20. The van der Waals surface area contributed by atoms with Gasteiger partial charge in [0.1, 0.15) is 18.1 Å². The molecule has 0 bridgehead atoms. The predicted molar refractivity (Wildman–Crippen MR) is 105 cm³/mol. The lowest BCUT2D eigenvalue weighted by molar-refractivity contribution is 0.0769. The molecule has 0 atom stereocenters. The summed E-state index contributed by atoms with van der Waals surface area (Å²) in [7, 11) is 1.70. The Labute approximate surface area is 168 Å². The number of ether oxygens (including phenoxy) is 1. The summed E-state index contributed by atoms with van der Waals surface area (Å²) < 4.78 is 12.9. The van der Waals surface area contributed by atoms with Gasteiger partial charge in [-0.15, -0.1) is 0 Å². The number of hydrogen-bond donors (Lipinski definition) is 0. The molecular formula is C20H23ClN4O3. The van der Waals surface area contributed by atoms with Crippen LogP contribution in [-0.2, 0) is 19.7 Å². The molecule has 0 radical (unpaired) electrons. The number of carbonyl (C=O) groups is 1. The number of hydrogen-bond acceptors (Lipinski definition) is 5. The quantitative estimate of drug-likeness (QED) is 0.597. The molecule has 0 saturated carbocycles. The van der Waals surface area contributed by atoms with Gasteiger partial charge in [0.05, 0.1) is 29.0 Å². The van der Waals surface area contributed by atoms with E-state index in [4.69, 9.17) is 20.9 Å². The van der Waals surface area contributed by atoms with Crippen LogP contribution in [0.25, 0.3) is 0 Å². The van der Waals surface area contributed by atoms with Crippen LogP contribution < -0.4 is 4.74 Å². The van der Waals surface area contributed by atoms with Gasteiger partial charge in [-0.05, 0) is 38.5 Å². The third-order valence-corrected chi connectivity index (χ3v) is 4.81. The molecule has 0 aliphatic heterocycles. The number of rotatable bonds is 7. The van der Waals surface area contributed by atoms with E-state index in [1.54, 1.807) is 29.7 Å². The Morgan fingerprint density at radius 3 is 2.86 bits per heavy atom. The lowest BCUT2D eigenvalue weighted by Gasteiger charge is -2.17. The molecule has 0 unspecified atom stereocenters. The Balaban J connectivity index is 1.76. The van der Waals surface area contributed by atoms with Crippen LogP contribution in [0.2, 0.25) is 5.02 Å². The summed E-state index contributed by atoms with van der Waals surface area (Å²) in [6, 6.07) is 7.72. The van der Waals surface area contributed by atoms with Gasteiger partial charge in [-0.2, -0.15) is 5.10 Å². The molecular weight excluding hydrogens is 380 g/mol. The maximum atomic E-state index is 13.0.